The van der Waals surface area contributed by atoms with E-state index in [2.05, 4.69) is 15.6 Å². The van der Waals surface area contributed by atoms with Gasteiger partial charge in [0.05, 0.1) is 16.8 Å². The minimum atomic E-state index is -0.520. The van der Waals surface area contributed by atoms with Crippen LogP contribution in [0.15, 0.2) is 72.9 Å². The number of para-hydroxylation sites is 1. The number of aryl methyl sites for hydroxylation is 1. The number of imidazole rings is 1. The fraction of sp³-hybridized carbons (Fsp3) is 0.0435. The third-order valence-electron chi connectivity index (χ3n) is 4.57. The molecule has 0 aliphatic heterocycles. The van der Waals surface area contributed by atoms with Gasteiger partial charge in [-0.25, -0.2) is 4.98 Å². The molecule has 7 heteroatoms. The topological polar surface area (TPSA) is 99.3 Å². The largest absolute Gasteiger partial charge is 0.321 e. The molecule has 2 aromatic heterocycles. The lowest BCUT2D eigenvalue weighted by Crippen LogP contribution is -2.17. The summed E-state index contributed by atoms with van der Waals surface area (Å²) >= 11 is 0. The Kier molecular flexibility index (Phi) is 4.97. The molecule has 0 fully saturated rings. The maximum atomic E-state index is 12.9. The Morgan fingerprint density at radius 1 is 0.933 bits per heavy atom. The van der Waals surface area contributed by atoms with E-state index in [-0.39, 0.29) is 11.5 Å². The molecular formula is C23H17N5O2. The molecule has 0 unspecified atom stereocenters. The van der Waals surface area contributed by atoms with Crippen LogP contribution in [0.1, 0.15) is 32.2 Å². The lowest BCUT2D eigenvalue weighted by molar-refractivity contribution is 0.101. The molecule has 4 rings (SSSR count). The van der Waals surface area contributed by atoms with Crippen molar-refractivity contribution < 1.29 is 9.59 Å². The lowest BCUT2D eigenvalue weighted by Gasteiger charge is -2.05. The van der Waals surface area contributed by atoms with Crippen LogP contribution in [0, 0.1) is 18.3 Å². The summed E-state index contributed by atoms with van der Waals surface area (Å²) in [4.78, 5) is 30.0. The zero-order valence-electron chi connectivity index (χ0n) is 16.1. The normalized spacial score (nSPS) is 10.4. The molecule has 0 spiro atoms. The molecule has 0 aliphatic rings. The van der Waals surface area contributed by atoms with Crippen molar-refractivity contribution in [2.45, 2.75) is 6.92 Å². The molecule has 146 valence electrons. The Morgan fingerprint density at radius 2 is 1.67 bits per heavy atom. The van der Waals surface area contributed by atoms with Crippen LogP contribution >= 0.6 is 0 Å². The highest BCUT2D eigenvalue weighted by Crippen LogP contribution is 2.19. The zero-order valence-corrected chi connectivity index (χ0v) is 16.1. The maximum Gasteiger partial charge on any atom is 0.292 e. The van der Waals surface area contributed by atoms with Gasteiger partial charge in [0.2, 0.25) is 5.82 Å². The van der Waals surface area contributed by atoms with Crippen molar-refractivity contribution in [1.29, 1.82) is 5.26 Å². The molecule has 0 saturated carbocycles. The first-order valence-corrected chi connectivity index (χ1v) is 9.22. The van der Waals surface area contributed by atoms with Crippen LogP contribution in [0.4, 0.5) is 11.4 Å². The van der Waals surface area contributed by atoms with Crippen molar-refractivity contribution in [2.75, 3.05) is 10.6 Å². The van der Waals surface area contributed by atoms with Crippen molar-refractivity contribution in [3.05, 3.63) is 95.6 Å². The van der Waals surface area contributed by atoms with Gasteiger partial charge in [-0.05, 0) is 43.3 Å². The number of rotatable bonds is 4. The minimum absolute atomic E-state index is 0.0485. The van der Waals surface area contributed by atoms with Crippen molar-refractivity contribution in [3.63, 3.8) is 0 Å². The molecule has 0 bridgehead atoms. The summed E-state index contributed by atoms with van der Waals surface area (Å²) in [5, 5.41) is 14.7. The van der Waals surface area contributed by atoms with E-state index in [0.29, 0.717) is 22.5 Å². The first-order chi connectivity index (χ1) is 14.6. The number of nitrogens with one attached hydrogen (secondary N) is 2. The molecule has 30 heavy (non-hydrogen) atoms. The second-order valence-corrected chi connectivity index (χ2v) is 6.67. The smallest absolute Gasteiger partial charge is 0.292 e. The van der Waals surface area contributed by atoms with Crippen LogP contribution in [0.3, 0.4) is 0 Å². The van der Waals surface area contributed by atoms with Crippen molar-refractivity contribution in [3.8, 4) is 6.07 Å². The van der Waals surface area contributed by atoms with E-state index in [1.807, 2.05) is 25.1 Å². The Morgan fingerprint density at radius 3 is 2.43 bits per heavy atom. The van der Waals surface area contributed by atoms with Crippen LogP contribution in [0.2, 0.25) is 0 Å². The van der Waals surface area contributed by atoms with Gasteiger partial charge in [-0.2, -0.15) is 5.26 Å². The maximum absolute atomic E-state index is 12.9. The quantitative estimate of drug-likeness (QED) is 0.545. The fourth-order valence-corrected chi connectivity index (χ4v) is 3.06. The van der Waals surface area contributed by atoms with Crippen LogP contribution in [-0.4, -0.2) is 21.2 Å². The average molecular weight is 395 g/mol. The third-order valence-corrected chi connectivity index (χ3v) is 4.57. The molecule has 2 N–H and O–H groups in total. The summed E-state index contributed by atoms with van der Waals surface area (Å²) in [6, 6.07) is 21.4. The Hall–Kier alpha value is -4.44. The summed E-state index contributed by atoms with van der Waals surface area (Å²) in [7, 11) is 0. The Bertz CT molecular complexity index is 1300. The third kappa shape index (κ3) is 3.62. The van der Waals surface area contributed by atoms with E-state index in [4.69, 9.17) is 0 Å². The van der Waals surface area contributed by atoms with Crippen LogP contribution < -0.4 is 10.6 Å². The SMILES string of the molecule is Cc1ccc(NC(=O)c2nc(C(=O)Nc3ccccc3C#N)n3ccccc23)cc1. The van der Waals surface area contributed by atoms with Gasteiger partial charge in [0, 0.05) is 11.9 Å². The highest BCUT2D eigenvalue weighted by atomic mass is 16.2. The molecule has 2 aromatic carbocycles. The number of fused-ring (bicyclic) bond motifs is 1. The number of hydrogen-bond donors (Lipinski definition) is 2. The molecule has 7 nitrogen and oxygen atoms in total. The Balaban J connectivity index is 1.68. The van der Waals surface area contributed by atoms with E-state index in [1.165, 1.54) is 0 Å². The molecule has 2 amide bonds. The van der Waals surface area contributed by atoms with E-state index in [1.54, 1.807) is 65.2 Å². The monoisotopic (exact) mass is 395 g/mol. The number of hydrogen-bond acceptors (Lipinski definition) is 4. The van der Waals surface area contributed by atoms with E-state index >= 15 is 0 Å². The summed E-state index contributed by atoms with van der Waals surface area (Å²) < 4.78 is 1.55. The fourth-order valence-electron chi connectivity index (χ4n) is 3.06. The summed E-state index contributed by atoms with van der Waals surface area (Å²) in [6.45, 7) is 1.96. The predicted octanol–water partition coefficient (Wildman–Crippen LogP) is 4.02. The van der Waals surface area contributed by atoms with E-state index in [0.717, 1.165) is 5.56 Å². The highest BCUT2D eigenvalue weighted by molar-refractivity contribution is 6.10. The summed E-state index contributed by atoms with van der Waals surface area (Å²) in [6.07, 6.45) is 1.66. The molecule has 0 atom stereocenters. The van der Waals surface area contributed by atoms with Gasteiger partial charge in [-0.3, -0.25) is 14.0 Å². The van der Waals surface area contributed by atoms with Crippen LogP contribution in [0.25, 0.3) is 5.52 Å². The number of aromatic nitrogens is 2. The second-order valence-electron chi connectivity index (χ2n) is 6.67. The van der Waals surface area contributed by atoms with Gasteiger partial charge in [-0.15, -0.1) is 0 Å². The molecule has 0 saturated heterocycles. The number of nitrogens with zero attached hydrogens (tertiary/aromatic N) is 3. The van der Waals surface area contributed by atoms with Crippen molar-refractivity contribution in [1.82, 2.24) is 9.38 Å². The van der Waals surface area contributed by atoms with Gasteiger partial charge < -0.3 is 10.6 Å². The van der Waals surface area contributed by atoms with Gasteiger partial charge >= 0.3 is 0 Å². The molecular weight excluding hydrogens is 378 g/mol. The van der Waals surface area contributed by atoms with Gasteiger partial charge in [0.15, 0.2) is 5.69 Å². The van der Waals surface area contributed by atoms with Gasteiger partial charge in [0.1, 0.15) is 6.07 Å². The van der Waals surface area contributed by atoms with Gasteiger partial charge in [0.25, 0.3) is 11.8 Å². The number of carbonyl (C=O) groups is 2. The number of carbonyl (C=O) groups excluding carboxylic acids is 2. The number of benzene rings is 2. The van der Waals surface area contributed by atoms with Crippen LogP contribution in [-0.2, 0) is 0 Å². The number of amides is 2. The standard InChI is InChI=1S/C23H17N5O2/c1-15-9-11-17(12-10-15)25-22(29)20-19-8-4-5-13-28(19)21(27-20)23(30)26-18-7-3-2-6-16(18)14-24/h2-13H,1H3,(H,25,29)(H,26,30). The molecule has 0 aliphatic carbocycles. The summed E-state index contributed by atoms with van der Waals surface area (Å²) in [5.74, 6) is -0.889. The molecule has 2 heterocycles. The average Bonchev–Trinajstić information content (AvgIpc) is 3.16. The first kappa shape index (κ1) is 18.9. The highest BCUT2D eigenvalue weighted by Gasteiger charge is 2.22. The second kappa shape index (κ2) is 7.89. The number of nitriles is 1. The van der Waals surface area contributed by atoms with Crippen molar-refractivity contribution in [2.24, 2.45) is 0 Å². The van der Waals surface area contributed by atoms with Gasteiger partial charge in [-0.1, -0.05) is 35.9 Å². The number of pyridine rings is 1. The zero-order chi connectivity index (χ0) is 21.1. The minimum Gasteiger partial charge on any atom is -0.321 e. The van der Waals surface area contributed by atoms with E-state index < -0.39 is 11.8 Å². The predicted molar refractivity (Wildman–Crippen MR) is 113 cm³/mol. The summed E-state index contributed by atoms with van der Waals surface area (Å²) in [5.41, 5.74) is 3.07. The number of anilines is 2. The molecule has 0 radical (unpaired) electrons. The Labute approximate surface area is 172 Å². The lowest BCUT2D eigenvalue weighted by atomic mass is 10.2. The van der Waals surface area contributed by atoms with Crippen LogP contribution in [0.5, 0.6) is 0 Å². The first-order valence-electron chi connectivity index (χ1n) is 9.22. The van der Waals surface area contributed by atoms with E-state index in [9.17, 15) is 14.9 Å². The van der Waals surface area contributed by atoms with Crippen molar-refractivity contribution >= 4 is 28.7 Å². The molecule has 4 aromatic rings.